The Labute approximate surface area is 127 Å². The van der Waals surface area contributed by atoms with Crippen LogP contribution in [0.2, 0.25) is 0 Å². The fourth-order valence-electron chi connectivity index (χ4n) is 2.73. The van der Waals surface area contributed by atoms with Crippen molar-refractivity contribution in [2.45, 2.75) is 38.6 Å². The van der Waals surface area contributed by atoms with E-state index in [-0.39, 0.29) is 17.7 Å². The van der Waals surface area contributed by atoms with Gasteiger partial charge in [-0.3, -0.25) is 4.79 Å². The van der Waals surface area contributed by atoms with Crippen molar-refractivity contribution >= 4 is 15.9 Å². The number of hydrogen-bond donors (Lipinski definition) is 1. The number of amides is 1. The van der Waals surface area contributed by atoms with E-state index in [1.807, 2.05) is 4.90 Å². The van der Waals surface area contributed by atoms with E-state index in [9.17, 15) is 13.2 Å². The van der Waals surface area contributed by atoms with Crippen LogP contribution in [-0.4, -0.2) is 68.6 Å². The molecule has 0 bridgehead atoms. The zero-order valence-electron chi connectivity index (χ0n) is 13.0. The molecule has 1 saturated carbocycles. The van der Waals surface area contributed by atoms with Crippen molar-refractivity contribution in [3.8, 4) is 0 Å². The van der Waals surface area contributed by atoms with Crippen LogP contribution in [0.15, 0.2) is 0 Å². The molecule has 0 aromatic heterocycles. The summed E-state index contributed by atoms with van der Waals surface area (Å²) in [4.78, 5) is 13.9. The molecule has 1 heterocycles. The number of carbonyl (C=O) groups is 1. The molecule has 0 radical (unpaired) electrons. The smallest absolute Gasteiger partial charge is 0.236 e. The third-order valence-corrected chi connectivity index (χ3v) is 6.45. The van der Waals surface area contributed by atoms with Crippen LogP contribution in [0.5, 0.6) is 0 Å². The molecule has 1 N–H and O–H groups in total. The minimum Gasteiger partial charge on any atom is -0.341 e. The number of carbonyl (C=O) groups excluding carboxylic acids is 1. The van der Waals surface area contributed by atoms with Gasteiger partial charge in [0.15, 0.2) is 0 Å². The van der Waals surface area contributed by atoms with Crippen LogP contribution in [0.4, 0.5) is 0 Å². The molecular weight excluding hydrogens is 290 g/mol. The fourth-order valence-corrected chi connectivity index (χ4v) is 3.80. The maximum atomic E-state index is 12.1. The second-order valence-electron chi connectivity index (χ2n) is 6.10. The number of piperidine rings is 1. The number of hydrogen-bond acceptors (Lipinski definition) is 4. The van der Waals surface area contributed by atoms with Gasteiger partial charge in [-0.15, -0.1) is 0 Å². The lowest BCUT2D eigenvalue weighted by molar-refractivity contribution is -0.131. The van der Waals surface area contributed by atoms with E-state index in [0.29, 0.717) is 19.6 Å². The second kappa shape index (κ2) is 7.07. The standard InChI is InChI=1S/C14H27N3O3S/c1-3-21(19,20)16(2)13-6-8-17(9-7-13)14(18)11-15-10-12-4-5-12/h12-13,15H,3-11H2,1-2H3. The first-order valence-electron chi connectivity index (χ1n) is 7.88. The zero-order valence-corrected chi connectivity index (χ0v) is 13.9. The number of rotatable bonds is 7. The Kier molecular flexibility index (Phi) is 5.62. The summed E-state index contributed by atoms with van der Waals surface area (Å²) in [5, 5.41) is 3.21. The Balaban J connectivity index is 1.72. The van der Waals surface area contributed by atoms with Crippen molar-refractivity contribution in [1.82, 2.24) is 14.5 Å². The summed E-state index contributed by atoms with van der Waals surface area (Å²) >= 11 is 0. The van der Waals surface area contributed by atoms with Crippen LogP contribution in [0, 0.1) is 5.92 Å². The van der Waals surface area contributed by atoms with Gasteiger partial charge in [0, 0.05) is 26.2 Å². The first-order chi connectivity index (χ1) is 9.94. The monoisotopic (exact) mass is 317 g/mol. The van der Waals surface area contributed by atoms with Crippen molar-refractivity contribution in [2.24, 2.45) is 5.92 Å². The predicted octanol–water partition coefficient (Wildman–Crippen LogP) is 0.259. The van der Waals surface area contributed by atoms with E-state index in [1.54, 1.807) is 14.0 Å². The van der Waals surface area contributed by atoms with E-state index in [0.717, 1.165) is 25.3 Å². The molecule has 0 atom stereocenters. The van der Waals surface area contributed by atoms with E-state index in [2.05, 4.69) is 5.32 Å². The highest BCUT2D eigenvalue weighted by molar-refractivity contribution is 7.89. The van der Waals surface area contributed by atoms with Gasteiger partial charge < -0.3 is 10.2 Å². The Morgan fingerprint density at radius 3 is 2.38 bits per heavy atom. The van der Waals surface area contributed by atoms with Crippen LogP contribution in [0.3, 0.4) is 0 Å². The van der Waals surface area contributed by atoms with Gasteiger partial charge in [-0.2, -0.15) is 0 Å². The first kappa shape index (κ1) is 16.7. The number of likely N-dealkylation sites (tertiary alicyclic amines) is 1. The average molecular weight is 317 g/mol. The van der Waals surface area contributed by atoms with E-state index >= 15 is 0 Å². The van der Waals surface area contributed by atoms with Gasteiger partial charge in [0.2, 0.25) is 15.9 Å². The first-order valence-corrected chi connectivity index (χ1v) is 9.49. The summed E-state index contributed by atoms with van der Waals surface area (Å²) in [6, 6.07) is 0.0263. The molecule has 7 heteroatoms. The summed E-state index contributed by atoms with van der Waals surface area (Å²) < 4.78 is 25.2. The molecular formula is C14H27N3O3S. The number of sulfonamides is 1. The molecule has 2 fully saturated rings. The molecule has 0 unspecified atom stereocenters. The van der Waals surface area contributed by atoms with Crippen LogP contribution >= 0.6 is 0 Å². The number of nitrogens with one attached hydrogen (secondary N) is 1. The highest BCUT2D eigenvalue weighted by Gasteiger charge is 2.30. The molecule has 0 aromatic carbocycles. The largest absolute Gasteiger partial charge is 0.341 e. The topological polar surface area (TPSA) is 69.7 Å². The average Bonchev–Trinajstić information content (AvgIpc) is 3.30. The van der Waals surface area contributed by atoms with Crippen molar-refractivity contribution in [2.75, 3.05) is 39.0 Å². The Morgan fingerprint density at radius 2 is 1.86 bits per heavy atom. The normalized spacial score (nSPS) is 21.0. The summed E-state index contributed by atoms with van der Waals surface area (Å²) in [5.74, 6) is 1.04. The lowest BCUT2D eigenvalue weighted by Crippen LogP contribution is -2.49. The minimum absolute atomic E-state index is 0.0263. The van der Waals surface area contributed by atoms with Gasteiger partial charge in [-0.25, -0.2) is 12.7 Å². The Morgan fingerprint density at radius 1 is 1.24 bits per heavy atom. The highest BCUT2D eigenvalue weighted by Crippen LogP contribution is 2.27. The summed E-state index contributed by atoms with van der Waals surface area (Å²) in [7, 11) is -1.48. The van der Waals surface area contributed by atoms with Crippen LogP contribution in [0.1, 0.15) is 32.6 Å². The Bertz CT molecular complexity index is 454. The quantitative estimate of drug-likeness (QED) is 0.731. The third kappa shape index (κ3) is 4.66. The summed E-state index contributed by atoms with van der Waals surface area (Å²) in [5.41, 5.74) is 0. The molecule has 1 amide bonds. The van der Waals surface area contributed by atoms with Crippen molar-refractivity contribution < 1.29 is 13.2 Å². The molecule has 1 saturated heterocycles. The predicted molar refractivity (Wildman–Crippen MR) is 82.4 cm³/mol. The SMILES string of the molecule is CCS(=O)(=O)N(C)C1CCN(C(=O)CNCC2CC2)CC1. The van der Waals surface area contributed by atoms with E-state index < -0.39 is 10.0 Å². The second-order valence-corrected chi connectivity index (χ2v) is 8.42. The molecule has 122 valence electrons. The maximum Gasteiger partial charge on any atom is 0.236 e. The van der Waals surface area contributed by atoms with Crippen LogP contribution in [0.25, 0.3) is 0 Å². The van der Waals surface area contributed by atoms with Crippen molar-refractivity contribution in [1.29, 1.82) is 0 Å². The van der Waals surface area contributed by atoms with Crippen LogP contribution < -0.4 is 5.32 Å². The molecule has 0 aromatic rings. The van der Waals surface area contributed by atoms with Gasteiger partial charge >= 0.3 is 0 Å². The van der Waals surface area contributed by atoms with E-state index in [4.69, 9.17) is 0 Å². The Hall–Kier alpha value is -0.660. The van der Waals surface area contributed by atoms with Gasteiger partial charge in [0.05, 0.1) is 12.3 Å². The minimum atomic E-state index is -3.13. The van der Waals surface area contributed by atoms with Crippen molar-refractivity contribution in [3.05, 3.63) is 0 Å². The van der Waals surface area contributed by atoms with Gasteiger partial charge in [-0.05, 0) is 45.1 Å². The number of nitrogens with zero attached hydrogens (tertiary/aromatic N) is 2. The molecule has 1 aliphatic heterocycles. The van der Waals surface area contributed by atoms with Gasteiger partial charge in [-0.1, -0.05) is 0 Å². The van der Waals surface area contributed by atoms with E-state index in [1.165, 1.54) is 17.1 Å². The summed E-state index contributed by atoms with van der Waals surface area (Å²) in [6.45, 7) is 4.32. The maximum absolute atomic E-state index is 12.1. The zero-order chi connectivity index (χ0) is 15.5. The highest BCUT2D eigenvalue weighted by atomic mass is 32.2. The molecule has 2 rings (SSSR count). The lowest BCUT2D eigenvalue weighted by Gasteiger charge is -2.36. The summed E-state index contributed by atoms with van der Waals surface area (Å²) in [6.07, 6.45) is 4.02. The van der Waals surface area contributed by atoms with Gasteiger partial charge in [0.1, 0.15) is 0 Å². The van der Waals surface area contributed by atoms with Crippen molar-refractivity contribution in [3.63, 3.8) is 0 Å². The molecule has 6 nitrogen and oxygen atoms in total. The molecule has 1 aliphatic carbocycles. The van der Waals surface area contributed by atoms with Crippen LogP contribution in [-0.2, 0) is 14.8 Å². The lowest BCUT2D eigenvalue weighted by atomic mass is 10.1. The fraction of sp³-hybridized carbons (Fsp3) is 0.929. The molecule has 21 heavy (non-hydrogen) atoms. The third-order valence-electron chi connectivity index (χ3n) is 4.54. The van der Waals surface area contributed by atoms with Gasteiger partial charge in [0.25, 0.3) is 0 Å². The molecule has 0 spiro atoms. The molecule has 2 aliphatic rings.